The molecule has 0 amide bonds. The molecular weight excluding hydrogens is 246 g/mol. The van der Waals surface area contributed by atoms with Crippen molar-refractivity contribution >= 4 is 0 Å². The topological polar surface area (TPSA) is 21.3 Å². The van der Waals surface area contributed by atoms with E-state index in [2.05, 4.69) is 54.7 Å². The molecule has 2 heterocycles. The van der Waals surface area contributed by atoms with Crippen LogP contribution in [0.1, 0.15) is 35.2 Å². The zero-order valence-electron chi connectivity index (χ0n) is 11.9. The van der Waals surface area contributed by atoms with Gasteiger partial charge in [-0.1, -0.05) is 30.3 Å². The molecule has 102 valence electrons. The summed E-state index contributed by atoms with van der Waals surface area (Å²) < 4.78 is 5.38. The van der Waals surface area contributed by atoms with Gasteiger partial charge in [0.2, 0.25) is 0 Å². The second kappa shape index (κ2) is 4.10. The number of nitrogens with one attached hydrogen (secondary N) is 1. The normalized spacial score (nSPS) is 26.6. The number of ether oxygens (including phenoxy) is 1. The highest BCUT2D eigenvalue weighted by molar-refractivity contribution is 5.48. The molecule has 2 aromatic rings. The van der Waals surface area contributed by atoms with E-state index in [1.807, 2.05) is 0 Å². The lowest BCUT2D eigenvalue weighted by Gasteiger charge is -2.26. The zero-order valence-corrected chi connectivity index (χ0v) is 11.9. The largest absolute Gasteiger partial charge is 0.497 e. The number of benzene rings is 2. The van der Waals surface area contributed by atoms with Crippen LogP contribution < -0.4 is 10.1 Å². The van der Waals surface area contributed by atoms with Crippen molar-refractivity contribution in [3.8, 4) is 5.75 Å². The second-order valence-corrected chi connectivity index (χ2v) is 6.13. The lowest BCUT2D eigenvalue weighted by molar-refractivity contribution is 0.368. The van der Waals surface area contributed by atoms with E-state index < -0.39 is 0 Å². The molecular formula is C18H19NO. The van der Waals surface area contributed by atoms with Crippen LogP contribution in [0.4, 0.5) is 0 Å². The first kappa shape index (κ1) is 12.0. The van der Waals surface area contributed by atoms with Crippen molar-refractivity contribution in [1.82, 2.24) is 5.32 Å². The Labute approximate surface area is 119 Å². The van der Waals surface area contributed by atoms with Gasteiger partial charge < -0.3 is 10.1 Å². The first-order valence-electron chi connectivity index (χ1n) is 7.22. The van der Waals surface area contributed by atoms with E-state index in [-0.39, 0.29) is 5.54 Å². The summed E-state index contributed by atoms with van der Waals surface area (Å²) in [6.07, 6.45) is 2.08. The van der Waals surface area contributed by atoms with Crippen molar-refractivity contribution in [2.75, 3.05) is 7.11 Å². The van der Waals surface area contributed by atoms with Crippen LogP contribution >= 0.6 is 0 Å². The summed E-state index contributed by atoms with van der Waals surface area (Å²) >= 11 is 0. The fourth-order valence-electron chi connectivity index (χ4n) is 3.84. The third-order valence-corrected chi connectivity index (χ3v) is 4.80. The van der Waals surface area contributed by atoms with Crippen molar-refractivity contribution in [2.45, 2.75) is 31.3 Å². The molecule has 1 N–H and O–H groups in total. The Morgan fingerprint density at radius 3 is 2.85 bits per heavy atom. The molecule has 2 aliphatic rings. The third kappa shape index (κ3) is 1.61. The van der Waals surface area contributed by atoms with Crippen LogP contribution in [0.3, 0.4) is 0 Å². The van der Waals surface area contributed by atoms with Gasteiger partial charge in [-0.25, -0.2) is 0 Å². The maximum atomic E-state index is 5.38. The monoisotopic (exact) mass is 265 g/mol. The summed E-state index contributed by atoms with van der Waals surface area (Å²) in [5.74, 6) is 0.958. The van der Waals surface area contributed by atoms with Crippen molar-refractivity contribution in [2.24, 2.45) is 0 Å². The Kier molecular flexibility index (Phi) is 2.45. The maximum absolute atomic E-state index is 5.38. The van der Waals surface area contributed by atoms with E-state index in [4.69, 9.17) is 4.74 Å². The molecule has 2 heteroatoms. The Bertz CT molecular complexity index is 679. The average molecular weight is 265 g/mol. The Morgan fingerprint density at radius 1 is 1.15 bits per heavy atom. The lowest BCUT2D eigenvalue weighted by Crippen LogP contribution is -2.36. The fraction of sp³-hybridized carbons (Fsp3) is 0.333. The summed E-state index contributed by atoms with van der Waals surface area (Å²) in [6, 6.07) is 15.8. The van der Waals surface area contributed by atoms with Crippen LogP contribution in [0, 0.1) is 0 Å². The van der Waals surface area contributed by atoms with Gasteiger partial charge in [-0.2, -0.15) is 0 Å². The first-order valence-corrected chi connectivity index (χ1v) is 7.22. The predicted octanol–water partition coefficient (Wildman–Crippen LogP) is 3.35. The third-order valence-electron chi connectivity index (χ3n) is 4.80. The molecule has 2 bridgehead atoms. The van der Waals surface area contributed by atoms with Crippen molar-refractivity contribution in [3.63, 3.8) is 0 Å². The molecule has 0 saturated heterocycles. The molecule has 2 aromatic carbocycles. The lowest BCUT2D eigenvalue weighted by atomic mass is 9.82. The summed E-state index contributed by atoms with van der Waals surface area (Å²) in [4.78, 5) is 0. The predicted molar refractivity (Wildman–Crippen MR) is 80.1 cm³/mol. The minimum atomic E-state index is 0.0566. The summed E-state index contributed by atoms with van der Waals surface area (Å²) in [5, 5.41) is 3.84. The van der Waals surface area contributed by atoms with Crippen LogP contribution in [-0.2, 0) is 18.4 Å². The summed E-state index contributed by atoms with van der Waals surface area (Å²) in [6.45, 7) is 2.32. The van der Waals surface area contributed by atoms with E-state index in [0.717, 1.165) is 18.6 Å². The minimum Gasteiger partial charge on any atom is -0.497 e. The molecule has 2 aliphatic heterocycles. The molecule has 0 saturated carbocycles. The Hall–Kier alpha value is -1.80. The quantitative estimate of drug-likeness (QED) is 0.853. The molecule has 0 radical (unpaired) electrons. The van der Waals surface area contributed by atoms with Crippen LogP contribution in [0.15, 0.2) is 42.5 Å². The van der Waals surface area contributed by atoms with E-state index in [0.29, 0.717) is 6.04 Å². The van der Waals surface area contributed by atoms with Gasteiger partial charge in [0.05, 0.1) is 7.11 Å². The van der Waals surface area contributed by atoms with Gasteiger partial charge >= 0.3 is 0 Å². The van der Waals surface area contributed by atoms with Gasteiger partial charge in [0.25, 0.3) is 0 Å². The van der Waals surface area contributed by atoms with Crippen molar-refractivity contribution in [1.29, 1.82) is 0 Å². The van der Waals surface area contributed by atoms with Crippen molar-refractivity contribution < 1.29 is 4.74 Å². The van der Waals surface area contributed by atoms with Gasteiger partial charge in [-0.15, -0.1) is 0 Å². The standard InChI is InChI=1S/C18H19NO/c1-18-11-12-7-8-14(20-2)9-13(12)10-17(19-18)15-5-3-4-6-16(15)18/h3-9,17,19H,10-11H2,1-2H3. The van der Waals surface area contributed by atoms with Gasteiger partial charge in [0.1, 0.15) is 5.75 Å². The van der Waals surface area contributed by atoms with Crippen LogP contribution in [-0.4, -0.2) is 7.11 Å². The van der Waals surface area contributed by atoms with E-state index in [1.54, 1.807) is 7.11 Å². The molecule has 2 atom stereocenters. The van der Waals surface area contributed by atoms with Gasteiger partial charge in [-0.05, 0) is 54.2 Å². The number of hydrogen-bond donors (Lipinski definition) is 1. The molecule has 2 nitrogen and oxygen atoms in total. The molecule has 0 aromatic heterocycles. The van der Waals surface area contributed by atoms with Gasteiger partial charge in [0.15, 0.2) is 0 Å². The Balaban J connectivity index is 1.85. The zero-order chi connectivity index (χ0) is 13.7. The molecule has 0 spiro atoms. The number of rotatable bonds is 1. The average Bonchev–Trinajstić information content (AvgIpc) is 2.64. The van der Waals surface area contributed by atoms with E-state index >= 15 is 0 Å². The highest BCUT2D eigenvalue weighted by atomic mass is 16.5. The molecule has 0 fully saturated rings. The SMILES string of the molecule is COc1ccc2c(c1)CC1NC(C)(C2)c2ccccc21. The number of methoxy groups -OCH3 is 1. The van der Waals surface area contributed by atoms with Crippen molar-refractivity contribution in [3.05, 3.63) is 64.7 Å². The number of hydrogen-bond acceptors (Lipinski definition) is 2. The molecule has 4 rings (SSSR count). The fourth-order valence-corrected chi connectivity index (χ4v) is 3.84. The van der Waals surface area contributed by atoms with Crippen LogP contribution in [0.2, 0.25) is 0 Å². The smallest absolute Gasteiger partial charge is 0.119 e. The van der Waals surface area contributed by atoms with Gasteiger partial charge in [0, 0.05) is 11.6 Å². The Morgan fingerprint density at radius 2 is 2.00 bits per heavy atom. The first-order chi connectivity index (χ1) is 9.69. The molecule has 0 aliphatic carbocycles. The molecule has 20 heavy (non-hydrogen) atoms. The highest BCUT2D eigenvalue weighted by Crippen LogP contribution is 2.44. The van der Waals surface area contributed by atoms with E-state index in [9.17, 15) is 0 Å². The number of fused-ring (bicyclic) bond motifs is 6. The minimum absolute atomic E-state index is 0.0566. The van der Waals surface area contributed by atoms with Crippen LogP contribution in [0.5, 0.6) is 5.75 Å². The van der Waals surface area contributed by atoms with Crippen LogP contribution in [0.25, 0.3) is 0 Å². The maximum Gasteiger partial charge on any atom is 0.119 e. The summed E-state index contributed by atoms with van der Waals surface area (Å²) in [7, 11) is 1.74. The second-order valence-electron chi connectivity index (χ2n) is 6.13. The summed E-state index contributed by atoms with van der Waals surface area (Å²) in [5.41, 5.74) is 5.84. The van der Waals surface area contributed by atoms with E-state index in [1.165, 1.54) is 22.3 Å². The molecule has 2 unspecified atom stereocenters. The highest BCUT2D eigenvalue weighted by Gasteiger charge is 2.42. The van der Waals surface area contributed by atoms with Gasteiger partial charge in [-0.3, -0.25) is 0 Å².